The van der Waals surface area contributed by atoms with Crippen LogP contribution in [0.25, 0.3) is 0 Å². The first-order chi connectivity index (χ1) is 25.0. The van der Waals surface area contributed by atoms with E-state index < -0.39 is 0 Å². The zero-order valence-electron chi connectivity index (χ0n) is 49.0. The van der Waals surface area contributed by atoms with Gasteiger partial charge in [0.1, 0.15) is 0 Å². The number of amides is 6. The largest absolute Gasteiger partial charge is 0.358 e. The normalized spacial score (nSPS) is 6.00. The zero-order valence-corrected chi connectivity index (χ0v) is 66.1. The third-order valence-electron chi connectivity index (χ3n) is 4.85. The molecule has 0 rings (SSSR count). The molecule has 21 heteroatoms. The van der Waals surface area contributed by atoms with Gasteiger partial charge < -0.3 is 76.5 Å². The Labute approximate surface area is 544 Å². The number of nitrogens with one attached hydrogen (secondary N) is 6. The third kappa shape index (κ3) is 385. The van der Waals surface area contributed by atoms with E-state index in [1.807, 2.05) is 41.5 Å². The second-order valence-electron chi connectivity index (χ2n) is 10.3. The van der Waals surface area contributed by atoms with E-state index in [0.29, 0.717) is 0 Å². The van der Waals surface area contributed by atoms with E-state index in [2.05, 4.69) is 87.3 Å². The van der Waals surface area contributed by atoms with Crippen molar-refractivity contribution in [3.63, 3.8) is 0 Å². The van der Waals surface area contributed by atoms with E-state index in [9.17, 15) is 28.8 Å². The first-order valence-electron chi connectivity index (χ1n) is 20.5. The molecule has 6 amide bonds. The second kappa shape index (κ2) is 189. The van der Waals surface area contributed by atoms with Crippen LogP contribution in [0.1, 0.15) is 216 Å². The Morgan fingerprint density at radius 1 is 0.250 bits per heavy atom. The Kier molecular flexibility index (Phi) is 458. The summed E-state index contributed by atoms with van der Waals surface area (Å²) >= 11 is 0. The van der Waals surface area contributed by atoms with Gasteiger partial charge in [0.2, 0.25) is 35.4 Å². The summed E-state index contributed by atoms with van der Waals surface area (Å²) in [6, 6.07) is 0. The van der Waals surface area contributed by atoms with E-state index in [0.717, 1.165) is 0 Å². The standard InChI is InChI=1S/3C5H10N2O2.4C5H12.3C2H6.6CH3.6V.3W/c3*1-4(8)6-3-7-5(2)9;4*1-3-5-4-2;3*1-2;;;;;;;;;;;;;;;/h3*3H2,1-2H3,(H,6,8)(H,7,9);4*3-5H2,1-2H3;3*1-2H3;6*1H3;;;;;;;;;/q;;;;;;;;;;6*-1;;;;;;;;;. The number of carbonyl (C=O) groups is 6. The summed E-state index contributed by atoms with van der Waals surface area (Å²) in [5.41, 5.74) is 0. The molecule has 0 aliphatic heterocycles. The third-order valence-corrected chi connectivity index (χ3v) is 4.85. The van der Waals surface area contributed by atoms with Crippen LogP contribution in [0, 0.1) is 44.6 Å². The minimum absolute atomic E-state index is 0. The van der Waals surface area contributed by atoms with Crippen LogP contribution in [0.5, 0.6) is 0 Å². The zero-order chi connectivity index (χ0) is 44.3. The predicted molar refractivity (Wildman–Crippen MR) is 271 cm³/mol. The second-order valence-corrected chi connectivity index (χ2v) is 10.3. The van der Waals surface area contributed by atoms with Crippen molar-refractivity contribution in [2.45, 2.75) is 216 Å². The minimum atomic E-state index is -0.149. The fourth-order valence-electron chi connectivity index (χ4n) is 2.29. The van der Waals surface area contributed by atoms with Crippen molar-refractivity contribution in [1.29, 1.82) is 0 Å². The molecule has 0 aromatic rings. The maximum atomic E-state index is 10.2. The van der Waals surface area contributed by atoms with Crippen molar-refractivity contribution in [2.24, 2.45) is 0 Å². The van der Waals surface area contributed by atoms with Crippen molar-refractivity contribution in [3.05, 3.63) is 44.6 Å². The van der Waals surface area contributed by atoms with Crippen molar-refractivity contribution >= 4 is 35.4 Å². The van der Waals surface area contributed by atoms with Gasteiger partial charge in [0.15, 0.2) is 0 Å². The van der Waals surface area contributed by atoms with Crippen molar-refractivity contribution in [3.8, 4) is 0 Å². The van der Waals surface area contributed by atoms with E-state index >= 15 is 0 Å². The van der Waals surface area contributed by atoms with E-state index in [1.54, 1.807) is 0 Å². The fourth-order valence-corrected chi connectivity index (χ4v) is 2.29. The molecule has 12 nitrogen and oxygen atoms in total. The van der Waals surface area contributed by atoms with Crippen LogP contribution in [-0.4, -0.2) is 55.4 Å². The molecule has 0 aromatic carbocycles. The molecule has 0 saturated carbocycles. The Morgan fingerprint density at radius 2 is 0.324 bits per heavy atom. The van der Waals surface area contributed by atoms with Crippen LogP contribution in [0.3, 0.4) is 0 Å². The van der Waals surface area contributed by atoms with Crippen molar-refractivity contribution in [1.82, 2.24) is 31.9 Å². The van der Waals surface area contributed by atoms with E-state index in [1.165, 1.54) is 119 Å². The quantitative estimate of drug-likeness (QED) is 0.0746. The Balaban J connectivity index is -0.0000000132. The summed E-state index contributed by atoms with van der Waals surface area (Å²) < 4.78 is 0. The SMILES string of the molecule is CC.CC.CC.CC(=O)NCNC(C)=O.CC(=O)NCNC(C)=O.CC(=O)NCNC(C)=O.CCCCC.CCCCC.CCCCC.CCCCC.[CH3-].[CH3-].[CH3-].[CH3-].[CH3-].[CH3-].[V].[V].[V].[V].[V].[V].[W].[W].[W]. The molecule has 6 N–H and O–H groups in total. The molecule has 0 aromatic heterocycles. The van der Waals surface area contributed by atoms with E-state index in [-0.39, 0.29) is 275 Å². The summed E-state index contributed by atoms with van der Waals surface area (Å²) in [5, 5.41) is 14.4. The van der Waals surface area contributed by atoms with Gasteiger partial charge in [-0.15, -0.1) is 0 Å². The number of carbonyl (C=O) groups excluding carboxylic acids is 6. The maximum Gasteiger partial charge on any atom is 0.218 e. The summed E-state index contributed by atoms with van der Waals surface area (Å²) in [6.07, 6.45) is 16.3. The molecule has 0 heterocycles. The van der Waals surface area contributed by atoms with Gasteiger partial charge in [-0.1, -0.05) is 174 Å². The van der Waals surface area contributed by atoms with Gasteiger partial charge in [-0.05, 0) is 0 Å². The number of rotatable bonds is 14. The van der Waals surface area contributed by atoms with Gasteiger partial charge in [-0.2, -0.15) is 0 Å². The maximum absolute atomic E-state index is 10.2. The number of unbranched alkanes of at least 4 members (excludes halogenated alkanes) is 8. The molecule has 0 unspecified atom stereocenters. The van der Waals surface area contributed by atoms with Gasteiger partial charge in [0.25, 0.3) is 0 Å². The first kappa shape index (κ1) is 165. The molecule has 0 spiro atoms. The molecule has 68 heavy (non-hydrogen) atoms. The van der Waals surface area contributed by atoms with Gasteiger partial charge in [0, 0.05) is 216 Å². The van der Waals surface area contributed by atoms with Crippen LogP contribution >= 0.6 is 0 Å². The molecular formula is C47H114N6O6V6W3-6. The van der Waals surface area contributed by atoms with Gasteiger partial charge >= 0.3 is 0 Å². The number of hydrogen-bond acceptors (Lipinski definition) is 6. The predicted octanol–water partition coefficient (Wildman–Crippen LogP) is 12.2. The monoisotopic (exact) mass is 1720 g/mol. The van der Waals surface area contributed by atoms with Crippen LogP contribution in [0.15, 0.2) is 0 Å². The van der Waals surface area contributed by atoms with Gasteiger partial charge in [-0.25, -0.2) is 0 Å². The number of hydrogen-bond donors (Lipinski definition) is 6. The molecule has 0 aliphatic carbocycles. The molecule has 0 saturated heterocycles. The summed E-state index contributed by atoms with van der Waals surface area (Å²) in [5.74, 6) is -0.896. The average Bonchev–Trinajstić information content (AvgIpc) is 3.10. The summed E-state index contributed by atoms with van der Waals surface area (Å²) in [7, 11) is 0. The fraction of sp³-hybridized carbons (Fsp3) is 0.745. The molecule has 6 radical (unpaired) electrons. The average molecular weight is 1720 g/mol. The van der Waals surface area contributed by atoms with Crippen molar-refractivity contribution < 1.29 is 203 Å². The van der Waals surface area contributed by atoms with Crippen LogP contribution in [-0.2, 0) is 203 Å². The molecular weight excluding hydrogens is 1600 g/mol. The molecule has 0 fully saturated rings. The first-order valence-corrected chi connectivity index (χ1v) is 20.5. The van der Waals surface area contributed by atoms with Crippen molar-refractivity contribution in [2.75, 3.05) is 20.0 Å². The molecule has 0 bridgehead atoms. The minimum Gasteiger partial charge on any atom is -0.358 e. The van der Waals surface area contributed by atoms with Gasteiger partial charge in [0.05, 0.1) is 20.0 Å². The molecule has 0 atom stereocenters. The van der Waals surface area contributed by atoms with Gasteiger partial charge in [-0.3, -0.25) is 28.8 Å². The van der Waals surface area contributed by atoms with E-state index in [4.69, 9.17) is 0 Å². The van der Waals surface area contributed by atoms with Crippen LogP contribution in [0.2, 0.25) is 0 Å². The summed E-state index contributed by atoms with van der Waals surface area (Å²) in [4.78, 5) is 61.0. The molecule has 0 aliphatic rings. The van der Waals surface area contributed by atoms with Crippen LogP contribution < -0.4 is 31.9 Å². The Morgan fingerprint density at radius 3 is 0.353 bits per heavy atom. The Bertz CT molecular complexity index is 597. The smallest absolute Gasteiger partial charge is 0.218 e. The van der Waals surface area contributed by atoms with Crippen LogP contribution in [0.4, 0.5) is 0 Å². The Hall–Kier alpha value is 2.39. The molecule has 422 valence electrons. The topological polar surface area (TPSA) is 175 Å². The summed E-state index contributed by atoms with van der Waals surface area (Å²) in [6.45, 7) is 38.7.